The maximum absolute atomic E-state index is 12.5. The first-order valence-electron chi connectivity index (χ1n) is 8.74. The molecule has 0 aliphatic carbocycles. The first-order chi connectivity index (χ1) is 14.1. The summed E-state index contributed by atoms with van der Waals surface area (Å²) in [7, 11) is 1.57. The van der Waals surface area contributed by atoms with Crippen molar-refractivity contribution in [1.82, 2.24) is 4.98 Å². The second-order valence-electron chi connectivity index (χ2n) is 6.17. The Hall–Kier alpha value is -4.07. The molecule has 2 amide bonds. The van der Waals surface area contributed by atoms with Crippen LogP contribution in [0.2, 0.25) is 0 Å². The molecule has 8 heteroatoms. The van der Waals surface area contributed by atoms with Crippen LogP contribution in [0.4, 0.5) is 11.4 Å². The van der Waals surface area contributed by atoms with Crippen LogP contribution in [-0.2, 0) is 0 Å². The van der Waals surface area contributed by atoms with Crippen LogP contribution in [-0.4, -0.2) is 30.7 Å². The van der Waals surface area contributed by atoms with Crippen molar-refractivity contribution in [3.8, 4) is 17.2 Å². The Kier molecular flexibility index (Phi) is 4.98. The molecule has 0 fully saturated rings. The Morgan fingerprint density at radius 3 is 2.17 bits per heavy atom. The number of hydrogen-bond donors (Lipinski definition) is 2. The lowest BCUT2D eigenvalue weighted by Crippen LogP contribution is -2.16. The number of amides is 2. The number of methoxy groups -OCH3 is 1. The number of nitrogens with zero attached hydrogens (tertiary/aromatic N) is 1. The minimum atomic E-state index is -0.393. The van der Waals surface area contributed by atoms with E-state index in [9.17, 15) is 9.59 Å². The molecule has 1 aliphatic rings. The fourth-order valence-corrected chi connectivity index (χ4v) is 2.74. The second kappa shape index (κ2) is 7.89. The third-order valence-corrected chi connectivity index (χ3v) is 4.24. The van der Waals surface area contributed by atoms with Crippen LogP contribution in [0, 0.1) is 0 Å². The molecule has 2 aromatic carbocycles. The van der Waals surface area contributed by atoms with Gasteiger partial charge in [-0.15, -0.1) is 0 Å². The molecule has 2 N–H and O–H groups in total. The van der Waals surface area contributed by atoms with Crippen molar-refractivity contribution >= 4 is 23.2 Å². The molecule has 3 aromatic rings. The summed E-state index contributed by atoms with van der Waals surface area (Å²) < 4.78 is 15.6. The lowest BCUT2D eigenvalue weighted by atomic mass is 10.1. The molecule has 1 aliphatic heterocycles. The van der Waals surface area contributed by atoms with Gasteiger partial charge in [0.2, 0.25) is 6.79 Å². The highest BCUT2D eigenvalue weighted by molar-refractivity contribution is 6.08. The van der Waals surface area contributed by atoms with Crippen LogP contribution in [0.15, 0.2) is 60.9 Å². The fraction of sp³-hybridized carbons (Fsp3) is 0.0952. The summed E-state index contributed by atoms with van der Waals surface area (Å²) in [6, 6.07) is 13.5. The third kappa shape index (κ3) is 4.11. The molecule has 0 unspecified atom stereocenters. The van der Waals surface area contributed by atoms with Gasteiger partial charge < -0.3 is 24.8 Å². The van der Waals surface area contributed by atoms with Crippen molar-refractivity contribution in [2.75, 3.05) is 24.5 Å². The number of pyridine rings is 1. The standard InChI is InChI=1S/C21H17N3O5/c1-27-17-5-2-15(3-6-17)23-20(25)13-8-14(11-22-10-13)21(26)24-16-4-7-18-19(9-16)29-12-28-18/h2-11H,12H2,1H3,(H,23,25)(H,24,26). The first kappa shape index (κ1) is 18.3. The van der Waals surface area contributed by atoms with Gasteiger partial charge >= 0.3 is 0 Å². The molecule has 2 heterocycles. The summed E-state index contributed by atoms with van der Waals surface area (Å²) in [4.78, 5) is 29.0. The van der Waals surface area contributed by atoms with E-state index in [2.05, 4.69) is 15.6 Å². The summed E-state index contributed by atoms with van der Waals surface area (Å²) in [5.41, 5.74) is 1.67. The van der Waals surface area contributed by atoms with Gasteiger partial charge in [0.15, 0.2) is 11.5 Å². The summed E-state index contributed by atoms with van der Waals surface area (Å²) in [5, 5.41) is 5.51. The van der Waals surface area contributed by atoms with Crippen LogP contribution < -0.4 is 24.8 Å². The zero-order valence-corrected chi connectivity index (χ0v) is 15.5. The number of aromatic nitrogens is 1. The van der Waals surface area contributed by atoms with Crippen LogP contribution in [0.25, 0.3) is 0 Å². The van der Waals surface area contributed by atoms with Gasteiger partial charge in [0.05, 0.1) is 18.2 Å². The number of hydrogen-bond acceptors (Lipinski definition) is 6. The Balaban J connectivity index is 1.45. The number of anilines is 2. The van der Waals surface area contributed by atoms with Gasteiger partial charge in [-0.3, -0.25) is 14.6 Å². The highest BCUT2D eigenvalue weighted by atomic mass is 16.7. The van der Waals surface area contributed by atoms with Gasteiger partial charge in [0.25, 0.3) is 11.8 Å². The largest absolute Gasteiger partial charge is 0.497 e. The lowest BCUT2D eigenvalue weighted by molar-refractivity contribution is 0.102. The van der Waals surface area contributed by atoms with Crippen molar-refractivity contribution < 1.29 is 23.8 Å². The van der Waals surface area contributed by atoms with E-state index >= 15 is 0 Å². The Labute approximate surface area is 166 Å². The van der Waals surface area contributed by atoms with E-state index in [1.165, 1.54) is 18.5 Å². The second-order valence-corrected chi connectivity index (χ2v) is 6.17. The van der Waals surface area contributed by atoms with E-state index in [1.54, 1.807) is 49.6 Å². The Bertz CT molecular complexity index is 1070. The average Bonchev–Trinajstić information content (AvgIpc) is 3.22. The molecule has 1 aromatic heterocycles. The van der Waals surface area contributed by atoms with Crippen molar-refractivity contribution in [2.24, 2.45) is 0 Å². The van der Waals surface area contributed by atoms with Crippen LogP contribution in [0.5, 0.6) is 17.2 Å². The monoisotopic (exact) mass is 391 g/mol. The molecule has 4 rings (SSSR count). The highest BCUT2D eigenvalue weighted by Gasteiger charge is 2.16. The zero-order chi connectivity index (χ0) is 20.2. The molecule has 146 valence electrons. The third-order valence-electron chi connectivity index (χ3n) is 4.24. The van der Waals surface area contributed by atoms with Gasteiger partial charge in [-0.05, 0) is 42.5 Å². The number of carbonyl (C=O) groups is 2. The summed E-state index contributed by atoms with van der Waals surface area (Å²) in [6.45, 7) is 0.155. The maximum Gasteiger partial charge on any atom is 0.257 e. The van der Waals surface area contributed by atoms with E-state index in [0.717, 1.165) is 0 Å². The number of rotatable bonds is 5. The van der Waals surface area contributed by atoms with Gasteiger partial charge in [-0.1, -0.05) is 0 Å². The molecular formula is C21H17N3O5. The van der Waals surface area contributed by atoms with E-state index in [1.807, 2.05) is 0 Å². The van der Waals surface area contributed by atoms with Crippen molar-refractivity contribution in [3.63, 3.8) is 0 Å². The molecule has 0 saturated carbocycles. The normalized spacial score (nSPS) is 11.6. The summed E-state index contributed by atoms with van der Waals surface area (Å²) >= 11 is 0. The molecule has 0 atom stereocenters. The number of ether oxygens (including phenoxy) is 3. The summed E-state index contributed by atoms with van der Waals surface area (Å²) in [5.74, 6) is 1.11. The van der Waals surface area contributed by atoms with E-state index in [4.69, 9.17) is 14.2 Å². The predicted molar refractivity (Wildman–Crippen MR) is 106 cm³/mol. The van der Waals surface area contributed by atoms with Gasteiger partial charge in [-0.25, -0.2) is 0 Å². The molecule has 29 heavy (non-hydrogen) atoms. The SMILES string of the molecule is COc1ccc(NC(=O)c2cncc(C(=O)Nc3ccc4c(c3)OCO4)c2)cc1. The number of nitrogens with one attached hydrogen (secondary N) is 2. The Morgan fingerprint density at radius 1 is 0.862 bits per heavy atom. The zero-order valence-electron chi connectivity index (χ0n) is 15.5. The highest BCUT2D eigenvalue weighted by Crippen LogP contribution is 2.34. The number of fused-ring (bicyclic) bond motifs is 1. The molecular weight excluding hydrogens is 374 g/mol. The summed E-state index contributed by atoms with van der Waals surface area (Å²) in [6.07, 6.45) is 2.79. The van der Waals surface area contributed by atoms with Gasteiger partial charge in [0.1, 0.15) is 5.75 Å². The van der Waals surface area contributed by atoms with Crippen molar-refractivity contribution in [2.45, 2.75) is 0 Å². The molecule has 0 saturated heterocycles. The maximum atomic E-state index is 12.5. The van der Waals surface area contributed by atoms with Gasteiger partial charge in [-0.2, -0.15) is 0 Å². The number of carbonyl (C=O) groups excluding carboxylic acids is 2. The predicted octanol–water partition coefficient (Wildman–Crippen LogP) is 3.32. The van der Waals surface area contributed by atoms with Crippen molar-refractivity contribution in [1.29, 1.82) is 0 Å². The van der Waals surface area contributed by atoms with Crippen molar-refractivity contribution in [3.05, 3.63) is 72.1 Å². The first-order valence-corrected chi connectivity index (χ1v) is 8.74. The topological polar surface area (TPSA) is 98.8 Å². The van der Waals surface area contributed by atoms with Crippen LogP contribution >= 0.6 is 0 Å². The van der Waals surface area contributed by atoms with E-state index in [-0.39, 0.29) is 23.8 Å². The molecule has 8 nitrogen and oxygen atoms in total. The number of benzene rings is 2. The fourth-order valence-electron chi connectivity index (χ4n) is 2.74. The van der Waals surface area contributed by atoms with Crippen LogP contribution in [0.1, 0.15) is 20.7 Å². The minimum Gasteiger partial charge on any atom is -0.497 e. The molecule has 0 bridgehead atoms. The van der Waals surface area contributed by atoms with Crippen LogP contribution in [0.3, 0.4) is 0 Å². The Morgan fingerprint density at radius 2 is 1.48 bits per heavy atom. The minimum absolute atomic E-state index is 0.155. The molecule has 0 spiro atoms. The lowest BCUT2D eigenvalue weighted by Gasteiger charge is -2.08. The van der Waals surface area contributed by atoms with E-state index in [0.29, 0.717) is 28.6 Å². The molecule has 0 radical (unpaired) electrons. The van der Waals surface area contributed by atoms with E-state index < -0.39 is 5.91 Å². The smallest absolute Gasteiger partial charge is 0.257 e. The average molecular weight is 391 g/mol. The van der Waals surface area contributed by atoms with Gasteiger partial charge in [0, 0.05) is 29.8 Å². The quantitative estimate of drug-likeness (QED) is 0.692.